The second kappa shape index (κ2) is 7.34. The molecule has 0 atom stereocenters. The van der Waals surface area contributed by atoms with Gasteiger partial charge in [-0.2, -0.15) is 0 Å². The third-order valence-electron chi connectivity index (χ3n) is 6.45. The van der Waals surface area contributed by atoms with Gasteiger partial charge in [0.1, 0.15) is 0 Å². The normalized spacial score (nSPS) is 16.8. The molecule has 2 aromatic rings. The Balaban J connectivity index is 2.14. The van der Waals surface area contributed by atoms with Crippen LogP contribution in [0.4, 0.5) is 0 Å². The Labute approximate surface area is 181 Å². The molecule has 0 aromatic heterocycles. The molecule has 2 aliphatic carbocycles. The van der Waals surface area contributed by atoms with Crippen molar-refractivity contribution in [2.75, 3.05) is 0 Å². The van der Waals surface area contributed by atoms with E-state index in [0.29, 0.717) is 0 Å². The second-order valence-corrected chi connectivity index (χ2v) is 11.1. The Hall–Kier alpha value is -0.600. The maximum atomic E-state index is 3.99. The minimum Gasteiger partial charge on any atom is -0.0560 e. The summed E-state index contributed by atoms with van der Waals surface area (Å²) in [7, 11) is 0. The molecule has 2 aromatic carbocycles. The third kappa shape index (κ3) is 3.46. The lowest BCUT2D eigenvalue weighted by Crippen LogP contribution is -2.19. The Kier molecular flexibility index (Phi) is 5.35. The topological polar surface area (TPSA) is 0 Å². The lowest BCUT2D eigenvalue weighted by Gasteiger charge is -2.33. The van der Waals surface area contributed by atoms with Crippen molar-refractivity contribution < 1.29 is 0 Å². The summed E-state index contributed by atoms with van der Waals surface area (Å²) in [6.07, 6.45) is 10.2. The fourth-order valence-electron chi connectivity index (χ4n) is 5.20. The van der Waals surface area contributed by atoms with Crippen LogP contribution in [-0.2, 0) is 31.1 Å². The number of hydrogen-bond donors (Lipinski definition) is 0. The second-order valence-electron chi connectivity index (χ2n) is 9.41. The molecule has 0 unspecified atom stereocenters. The average molecular weight is 490 g/mol. The molecule has 2 aliphatic rings. The first-order valence-corrected chi connectivity index (χ1v) is 12.0. The van der Waals surface area contributed by atoms with Crippen LogP contribution >= 0.6 is 31.9 Å². The maximum absolute atomic E-state index is 3.99. The van der Waals surface area contributed by atoms with E-state index in [2.05, 4.69) is 71.7 Å². The highest BCUT2D eigenvalue weighted by Crippen LogP contribution is 2.48. The van der Waals surface area contributed by atoms with E-state index in [1.165, 1.54) is 71.4 Å². The van der Waals surface area contributed by atoms with Gasteiger partial charge in [0.25, 0.3) is 0 Å². The van der Waals surface area contributed by atoms with E-state index in [1.807, 2.05) is 0 Å². The lowest BCUT2D eigenvalue weighted by molar-refractivity contribution is 0.584. The number of hydrogen-bond acceptors (Lipinski definition) is 0. The molecule has 0 heterocycles. The van der Waals surface area contributed by atoms with Gasteiger partial charge in [0.05, 0.1) is 0 Å². The van der Waals surface area contributed by atoms with Gasteiger partial charge >= 0.3 is 0 Å². The molecule has 0 saturated heterocycles. The van der Waals surface area contributed by atoms with Crippen LogP contribution in [0.1, 0.15) is 79.8 Å². The Morgan fingerprint density at radius 1 is 0.704 bits per heavy atom. The molecule has 0 N–H and O–H groups in total. The number of rotatable bonds is 1. The minimum atomic E-state index is 0.108. The lowest BCUT2D eigenvalue weighted by atomic mass is 9.73. The quantitative estimate of drug-likeness (QED) is 0.378. The van der Waals surface area contributed by atoms with Crippen molar-refractivity contribution >= 4 is 31.9 Å². The summed E-state index contributed by atoms with van der Waals surface area (Å²) < 4.78 is 2.58. The minimum absolute atomic E-state index is 0.108. The van der Waals surface area contributed by atoms with Crippen LogP contribution < -0.4 is 0 Å². The van der Waals surface area contributed by atoms with E-state index < -0.39 is 0 Å². The molecule has 2 heteroatoms. The van der Waals surface area contributed by atoms with Crippen molar-refractivity contribution in [2.45, 2.75) is 84.5 Å². The van der Waals surface area contributed by atoms with E-state index in [9.17, 15) is 0 Å². The van der Waals surface area contributed by atoms with Gasteiger partial charge in [-0.3, -0.25) is 0 Å². The van der Waals surface area contributed by atoms with Gasteiger partial charge in [-0.05, 0) is 120 Å². The van der Waals surface area contributed by atoms with Crippen LogP contribution in [0.25, 0.3) is 11.1 Å². The molecule has 0 aliphatic heterocycles. The van der Waals surface area contributed by atoms with Gasteiger partial charge in [0, 0.05) is 8.95 Å². The molecule has 4 rings (SSSR count). The van der Waals surface area contributed by atoms with Crippen LogP contribution in [0, 0.1) is 6.92 Å². The van der Waals surface area contributed by atoms with Crippen molar-refractivity contribution in [3.63, 3.8) is 0 Å². The summed E-state index contributed by atoms with van der Waals surface area (Å²) in [6.45, 7) is 9.42. The van der Waals surface area contributed by atoms with E-state index in [1.54, 1.807) is 33.4 Å². The van der Waals surface area contributed by atoms with Gasteiger partial charge in [-0.25, -0.2) is 0 Å². The van der Waals surface area contributed by atoms with Crippen LogP contribution in [0.2, 0.25) is 0 Å². The molecular formula is C25H30Br2. The van der Waals surface area contributed by atoms with Crippen molar-refractivity contribution in [2.24, 2.45) is 0 Å². The Morgan fingerprint density at radius 2 is 1.19 bits per heavy atom. The summed E-state index contributed by atoms with van der Waals surface area (Å²) in [5.41, 5.74) is 12.5. The smallest absolute Gasteiger partial charge is 0.0221 e. The van der Waals surface area contributed by atoms with Crippen LogP contribution in [-0.4, -0.2) is 0 Å². The van der Waals surface area contributed by atoms with Gasteiger partial charge in [0.2, 0.25) is 0 Å². The summed E-state index contributed by atoms with van der Waals surface area (Å²) >= 11 is 7.89. The van der Waals surface area contributed by atoms with Crippen molar-refractivity contribution in [3.05, 3.63) is 54.5 Å². The fraction of sp³-hybridized carbons (Fsp3) is 0.520. The third-order valence-corrected chi connectivity index (χ3v) is 7.90. The van der Waals surface area contributed by atoms with Gasteiger partial charge in [-0.15, -0.1) is 0 Å². The predicted molar refractivity (Wildman–Crippen MR) is 124 cm³/mol. The molecule has 0 bridgehead atoms. The summed E-state index contributed by atoms with van der Waals surface area (Å²) in [4.78, 5) is 0. The van der Waals surface area contributed by atoms with E-state index in [-0.39, 0.29) is 5.41 Å². The monoisotopic (exact) mass is 488 g/mol. The zero-order valence-electron chi connectivity index (χ0n) is 17.1. The predicted octanol–water partition coefficient (Wildman–Crippen LogP) is 8.24. The van der Waals surface area contributed by atoms with Crippen molar-refractivity contribution in [3.8, 4) is 11.1 Å². The summed E-state index contributed by atoms with van der Waals surface area (Å²) in [6, 6.07) is 4.83. The maximum Gasteiger partial charge on any atom is 0.0221 e. The highest BCUT2D eigenvalue weighted by atomic mass is 79.9. The number of aryl methyl sites for hydroxylation is 2. The van der Waals surface area contributed by atoms with E-state index in [0.717, 1.165) is 0 Å². The molecule has 0 radical (unpaired) electrons. The van der Waals surface area contributed by atoms with Crippen LogP contribution in [0.15, 0.2) is 21.1 Å². The molecule has 27 heavy (non-hydrogen) atoms. The van der Waals surface area contributed by atoms with Crippen LogP contribution in [0.5, 0.6) is 0 Å². The first-order valence-electron chi connectivity index (χ1n) is 10.4. The molecule has 0 spiro atoms. The average Bonchev–Trinajstić information content (AvgIpc) is 2.61. The number of halogens is 2. The molecule has 144 valence electrons. The molecule has 0 fully saturated rings. The zero-order chi connectivity index (χ0) is 19.3. The Bertz CT molecular complexity index is 900. The fourth-order valence-corrected chi connectivity index (χ4v) is 6.74. The largest absolute Gasteiger partial charge is 0.0560 e. The molecule has 0 saturated carbocycles. The number of fused-ring (bicyclic) bond motifs is 2. The molecule has 0 nitrogen and oxygen atoms in total. The first-order chi connectivity index (χ1) is 12.8. The molecule has 0 amide bonds. The molecular weight excluding hydrogens is 460 g/mol. The zero-order valence-corrected chi connectivity index (χ0v) is 20.2. The summed E-state index contributed by atoms with van der Waals surface area (Å²) in [5.74, 6) is 0. The van der Waals surface area contributed by atoms with Gasteiger partial charge < -0.3 is 0 Å². The number of benzene rings is 2. The summed E-state index contributed by atoms with van der Waals surface area (Å²) in [5, 5.41) is 0. The van der Waals surface area contributed by atoms with Gasteiger partial charge in [0.15, 0.2) is 0 Å². The van der Waals surface area contributed by atoms with E-state index in [4.69, 9.17) is 0 Å². The standard InChI is InChI=1S/C25H30Br2/c1-15-20(26)13-16-9-5-7-11-18(16)22(15)23-19-12-8-6-10-17(19)14-21(27)24(23)25(2,3)4/h13-14H,5-12H2,1-4H3. The van der Waals surface area contributed by atoms with Crippen LogP contribution in [0.3, 0.4) is 0 Å². The SMILES string of the molecule is Cc1c(Br)cc2c(c1-c1c3c(cc(Br)c1C(C)(C)C)CCCC3)CCCC2. The highest BCUT2D eigenvalue weighted by Gasteiger charge is 2.30. The highest BCUT2D eigenvalue weighted by molar-refractivity contribution is 9.10. The first kappa shape index (κ1) is 19.7. The van der Waals surface area contributed by atoms with Crippen molar-refractivity contribution in [1.82, 2.24) is 0 Å². The van der Waals surface area contributed by atoms with Gasteiger partial charge in [-0.1, -0.05) is 52.6 Å². The van der Waals surface area contributed by atoms with Crippen molar-refractivity contribution in [1.29, 1.82) is 0 Å². The Morgan fingerprint density at radius 3 is 1.74 bits per heavy atom. The van der Waals surface area contributed by atoms with E-state index >= 15 is 0 Å².